The number of rotatable bonds is 4. The molecule has 1 aromatic heterocycles. The third-order valence-corrected chi connectivity index (χ3v) is 7.39. The molecule has 0 aromatic carbocycles. The molecule has 2 saturated heterocycles. The first-order valence-electron chi connectivity index (χ1n) is 10.6. The summed E-state index contributed by atoms with van der Waals surface area (Å²) in [5.74, 6) is 1.68. The second kappa shape index (κ2) is 6.99. The summed E-state index contributed by atoms with van der Waals surface area (Å²) in [6.45, 7) is 14.1. The van der Waals surface area contributed by atoms with E-state index in [0.717, 1.165) is 44.2 Å². The first kappa shape index (κ1) is 19.6. The number of fused-ring (bicyclic) bond motifs is 1. The van der Waals surface area contributed by atoms with Crippen molar-refractivity contribution in [3.8, 4) is 0 Å². The largest absolute Gasteiger partial charge is 0.396 e. The highest BCUT2D eigenvalue weighted by Crippen LogP contribution is 2.46. The van der Waals surface area contributed by atoms with E-state index in [1.165, 1.54) is 19.3 Å². The van der Waals surface area contributed by atoms with Crippen molar-refractivity contribution in [2.24, 2.45) is 16.7 Å². The lowest BCUT2D eigenvalue weighted by molar-refractivity contribution is 0.126. The highest BCUT2D eigenvalue weighted by Gasteiger charge is 2.52. The Morgan fingerprint density at radius 1 is 1.21 bits per heavy atom. The van der Waals surface area contributed by atoms with E-state index in [1.807, 2.05) is 13.0 Å². The molecule has 3 N–H and O–H groups in total. The maximum absolute atomic E-state index is 10.4. The van der Waals surface area contributed by atoms with Gasteiger partial charge in [0.1, 0.15) is 5.82 Å². The zero-order valence-corrected chi connectivity index (χ0v) is 17.8. The lowest BCUT2D eigenvalue weighted by Gasteiger charge is -2.37. The molecule has 0 amide bonds. The van der Waals surface area contributed by atoms with Gasteiger partial charge in [0.05, 0.1) is 6.61 Å². The van der Waals surface area contributed by atoms with Crippen LogP contribution in [0.4, 0.5) is 11.8 Å². The van der Waals surface area contributed by atoms with Crippen LogP contribution in [0.3, 0.4) is 0 Å². The molecule has 0 spiro atoms. The number of hydrogen-bond donors (Lipinski definition) is 2. The number of aliphatic hydroxyl groups is 1. The molecule has 4 rings (SSSR count). The highest BCUT2D eigenvalue weighted by atomic mass is 16.3. The number of nitrogens with two attached hydrogens (primary N) is 1. The molecule has 2 fully saturated rings. The fourth-order valence-electron chi connectivity index (χ4n) is 5.79. The van der Waals surface area contributed by atoms with Gasteiger partial charge in [-0.15, -0.1) is 0 Å². The maximum atomic E-state index is 10.4. The lowest BCUT2D eigenvalue weighted by Crippen LogP contribution is -2.39. The van der Waals surface area contributed by atoms with Gasteiger partial charge >= 0.3 is 0 Å². The smallest absolute Gasteiger partial charge is 0.222 e. The van der Waals surface area contributed by atoms with Crippen LogP contribution >= 0.6 is 0 Å². The van der Waals surface area contributed by atoms with E-state index < -0.39 is 0 Å². The van der Waals surface area contributed by atoms with Crippen molar-refractivity contribution in [1.29, 1.82) is 0 Å². The van der Waals surface area contributed by atoms with Crippen molar-refractivity contribution in [2.75, 3.05) is 50.0 Å². The van der Waals surface area contributed by atoms with Crippen molar-refractivity contribution in [2.45, 2.75) is 47.0 Å². The Labute approximate surface area is 168 Å². The second-order valence-corrected chi connectivity index (χ2v) is 9.99. The minimum Gasteiger partial charge on any atom is -0.396 e. The van der Waals surface area contributed by atoms with E-state index in [-0.39, 0.29) is 12.0 Å². The van der Waals surface area contributed by atoms with Gasteiger partial charge in [-0.2, -0.15) is 4.98 Å². The summed E-state index contributed by atoms with van der Waals surface area (Å²) in [4.78, 5) is 13.5. The molecule has 1 aromatic rings. The quantitative estimate of drug-likeness (QED) is 0.776. The Kier molecular flexibility index (Phi) is 4.91. The highest BCUT2D eigenvalue weighted by molar-refractivity contribution is 5.45. The molecule has 2 unspecified atom stereocenters. The standard InChI is InChI=1S/C22H35N5O/c1-15-6-5-7-21(3,4)18(15)11-26-9-17-10-27(13-22(17,12-26)14-28)19-8-16(2)24-20(23)25-19/h8,17,28H,5-7,9-14H2,1-4H3,(H2,23,24,25). The van der Waals surface area contributed by atoms with E-state index >= 15 is 0 Å². The lowest BCUT2D eigenvalue weighted by atomic mass is 9.72. The SMILES string of the molecule is CC1=C(CN2CC3CN(c4cc(C)nc(N)n4)CC3(CO)C2)C(C)(C)CCC1. The minimum atomic E-state index is -0.0686. The summed E-state index contributed by atoms with van der Waals surface area (Å²) < 4.78 is 0. The number of aryl methyl sites for hydroxylation is 1. The molecule has 2 aliphatic heterocycles. The average molecular weight is 386 g/mol. The van der Waals surface area contributed by atoms with Crippen LogP contribution in [0.1, 0.15) is 45.7 Å². The van der Waals surface area contributed by atoms with Crippen molar-refractivity contribution in [3.05, 3.63) is 22.9 Å². The molecule has 3 heterocycles. The average Bonchev–Trinajstić information content (AvgIpc) is 3.11. The normalized spacial score (nSPS) is 30.2. The van der Waals surface area contributed by atoms with E-state index in [4.69, 9.17) is 5.73 Å². The summed E-state index contributed by atoms with van der Waals surface area (Å²) in [6.07, 6.45) is 3.83. The molecule has 0 saturated carbocycles. The van der Waals surface area contributed by atoms with Crippen LogP contribution in [-0.4, -0.2) is 59.3 Å². The van der Waals surface area contributed by atoms with Gasteiger partial charge in [-0.3, -0.25) is 4.90 Å². The van der Waals surface area contributed by atoms with Crippen LogP contribution in [0.2, 0.25) is 0 Å². The summed E-state index contributed by atoms with van der Waals surface area (Å²) in [5, 5.41) is 10.4. The summed E-state index contributed by atoms with van der Waals surface area (Å²) in [5.41, 5.74) is 10.2. The topological polar surface area (TPSA) is 78.5 Å². The van der Waals surface area contributed by atoms with Gasteiger partial charge in [0, 0.05) is 49.9 Å². The first-order chi connectivity index (χ1) is 13.2. The number of hydrogen-bond acceptors (Lipinski definition) is 6. The molecule has 2 atom stereocenters. The predicted octanol–water partition coefficient (Wildman–Crippen LogP) is 2.62. The van der Waals surface area contributed by atoms with E-state index in [0.29, 0.717) is 17.3 Å². The molecule has 28 heavy (non-hydrogen) atoms. The van der Waals surface area contributed by atoms with Crippen molar-refractivity contribution in [1.82, 2.24) is 14.9 Å². The molecule has 0 radical (unpaired) electrons. The summed E-state index contributed by atoms with van der Waals surface area (Å²) >= 11 is 0. The van der Waals surface area contributed by atoms with Crippen LogP contribution in [0.5, 0.6) is 0 Å². The Morgan fingerprint density at radius 3 is 2.64 bits per heavy atom. The number of aliphatic hydroxyl groups excluding tert-OH is 1. The maximum Gasteiger partial charge on any atom is 0.222 e. The van der Waals surface area contributed by atoms with Gasteiger partial charge in [-0.1, -0.05) is 25.0 Å². The second-order valence-electron chi connectivity index (χ2n) is 9.99. The molecule has 6 nitrogen and oxygen atoms in total. The van der Waals surface area contributed by atoms with Crippen LogP contribution in [0.15, 0.2) is 17.2 Å². The van der Waals surface area contributed by atoms with Gasteiger partial charge in [0.15, 0.2) is 0 Å². The van der Waals surface area contributed by atoms with Crippen LogP contribution in [0, 0.1) is 23.7 Å². The van der Waals surface area contributed by atoms with Gasteiger partial charge < -0.3 is 15.7 Å². The molecule has 6 heteroatoms. The van der Waals surface area contributed by atoms with Crippen LogP contribution in [-0.2, 0) is 0 Å². The fourth-order valence-corrected chi connectivity index (χ4v) is 5.79. The van der Waals surface area contributed by atoms with E-state index in [1.54, 1.807) is 11.1 Å². The number of nitrogen functional groups attached to an aromatic ring is 1. The van der Waals surface area contributed by atoms with Gasteiger partial charge in [-0.25, -0.2) is 4.98 Å². The Morgan fingerprint density at radius 2 is 2.00 bits per heavy atom. The minimum absolute atomic E-state index is 0.0686. The zero-order valence-electron chi connectivity index (χ0n) is 17.8. The fraction of sp³-hybridized carbons (Fsp3) is 0.727. The van der Waals surface area contributed by atoms with Crippen LogP contribution < -0.4 is 10.6 Å². The number of allylic oxidation sites excluding steroid dienone is 1. The third-order valence-electron chi connectivity index (χ3n) is 7.39. The summed E-state index contributed by atoms with van der Waals surface area (Å²) in [7, 11) is 0. The van der Waals surface area contributed by atoms with Crippen molar-refractivity contribution in [3.63, 3.8) is 0 Å². The molecule has 154 valence electrons. The van der Waals surface area contributed by atoms with E-state index in [9.17, 15) is 5.11 Å². The van der Waals surface area contributed by atoms with Crippen molar-refractivity contribution >= 4 is 11.8 Å². The molecule has 0 bridgehead atoms. The third kappa shape index (κ3) is 3.41. The number of likely N-dealkylation sites (tertiary alicyclic amines) is 1. The molecular formula is C22H35N5O. The Balaban J connectivity index is 1.50. The number of nitrogens with zero attached hydrogens (tertiary/aromatic N) is 4. The molecular weight excluding hydrogens is 350 g/mol. The van der Waals surface area contributed by atoms with Gasteiger partial charge in [-0.05, 0) is 44.4 Å². The molecule has 1 aliphatic carbocycles. The Hall–Kier alpha value is -1.66. The van der Waals surface area contributed by atoms with E-state index in [2.05, 4.69) is 40.5 Å². The monoisotopic (exact) mass is 385 g/mol. The predicted molar refractivity (Wildman–Crippen MR) is 113 cm³/mol. The van der Waals surface area contributed by atoms with Crippen molar-refractivity contribution < 1.29 is 5.11 Å². The first-order valence-corrected chi connectivity index (χ1v) is 10.6. The number of anilines is 2. The Bertz CT molecular complexity index is 769. The van der Waals surface area contributed by atoms with Gasteiger partial charge in [0.2, 0.25) is 5.95 Å². The van der Waals surface area contributed by atoms with Gasteiger partial charge in [0.25, 0.3) is 0 Å². The molecule has 3 aliphatic rings. The van der Waals surface area contributed by atoms with Crippen LogP contribution in [0.25, 0.3) is 0 Å². The zero-order chi connectivity index (χ0) is 20.1. The summed E-state index contributed by atoms with van der Waals surface area (Å²) in [6, 6.07) is 2.00. The number of aromatic nitrogens is 2.